The van der Waals surface area contributed by atoms with E-state index in [0.29, 0.717) is 38.0 Å². The van der Waals surface area contributed by atoms with Gasteiger partial charge in [0.05, 0.1) is 25.9 Å². The summed E-state index contributed by atoms with van der Waals surface area (Å²) in [5.74, 6) is -0.214. The van der Waals surface area contributed by atoms with Crippen molar-refractivity contribution in [1.82, 2.24) is 9.99 Å². The molecule has 0 fully saturated rings. The van der Waals surface area contributed by atoms with Crippen LogP contribution >= 0.6 is 8.53 Å². The molecular formula is C52H105N2O6P. The largest absolute Gasteiger partial charge is 0.460 e. The highest BCUT2D eigenvalue weighted by atomic mass is 31.2. The molecule has 0 aromatic heterocycles. The number of hydrogen-bond acceptors (Lipinski definition) is 7. The maximum absolute atomic E-state index is 12.8. The minimum Gasteiger partial charge on any atom is -0.460 e. The second-order valence-corrected chi connectivity index (χ2v) is 19.5. The van der Waals surface area contributed by atoms with E-state index in [1.807, 2.05) is 0 Å². The molecule has 0 heterocycles. The van der Waals surface area contributed by atoms with Crippen molar-refractivity contribution < 1.29 is 28.5 Å². The van der Waals surface area contributed by atoms with Crippen LogP contribution in [0.15, 0.2) is 12.7 Å². The first kappa shape index (κ1) is 62.0. The van der Waals surface area contributed by atoms with Gasteiger partial charge in [0.25, 0.3) is 8.53 Å². The third kappa shape index (κ3) is 41.4. The highest BCUT2D eigenvalue weighted by Gasteiger charge is 2.27. The number of amides is 1. The van der Waals surface area contributed by atoms with Gasteiger partial charge >= 0.3 is 5.97 Å². The second-order valence-electron chi connectivity index (χ2n) is 18.1. The predicted octanol–water partition coefficient (Wildman–Crippen LogP) is 15.9. The lowest BCUT2D eigenvalue weighted by Gasteiger charge is -2.35. The van der Waals surface area contributed by atoms with E-state index in [9.17, 15) is 14.7 Å². The van der Waals surface area contributed by atoms with Crippen molar-refractivity contribution in [2.24, 2.45) is 0 Å². The number of nitrogens with one attached hydrogen (secondary N) is 1. The number of aliphatic hydroxyl groups is 1. The molecular weight excluding hydrogens is 780 g/mol. The molecule has 0 rings (SSSR count). The number of esters is 1. The van der Waals surface area contributed by atoms with Crippen LogP contribution in [0.25, 0.3) is 0 Å². The average molecular weight is 885 g/mol. The van der Waals surface area contributed by atoms with Crippen LogP contribution in [0.1, 0.15) is 267 Å². The molecule has 0 aromatic carbocycles. The van der Waals surface area contributed by atoms with Gasteiger partial charge in [-0.1, -0.05) is 201 Å². The first-order chi connectivity index (χ1) is 29.6. The Hall–Kier alpha value is -1.05. The van der Waals surface area contributed by atoms with Gasteiger partial charge in [-0.3, -0.25) is 9.59 Å². The van der Waals surface area contributed by atoms with Crippen molar-refractivity contribution in [3.63, 3.8) is 0 Å². The Morgan fingerprint density at radius 2 is 0.967 bits per heavy atom. The molecule has 364 valence electrons. The Morgan fingerprint density at radius 1 is 0.574 bits per heavy atom. The van der Waals surface area contributed by atoms with Crippen LogP contribution in [0.3, 0.4) is 0 Å². The summed E-state index contributed by atoms with van der Waals surface area (Å²) in [5.41, 5.74) is 0. The van der Waals surface area contributed by atoms with Crippen molar-refractivity contribution in [3.8, 4) is 0 Å². The summed E-state index contributed by atoms with van der Waals surface area (Å²) in [6.07, 6.45) is 39.7. The average Bonchev–Trinajstić information content (AvgIpc) is 3.24. The molecule has 0 spiro atoms. The molecule has 9 heteroatoms. The SMILES string of the molecule is C=CCOP(OCCC)N(C(C)C)C(C)C.CCCCCCCCCCCCCC(=O)N[C@@H](CO)[C@@H](CCCCCCCCCCC)OC(=O)CCCCCCCCCCC. The Balaban J connectivity index is 0. The number of carbonyl (C=O) groups excluding carboxylic acids is 2. The lowest BCUT2D eigenvalue weighted by molar-refractivity contribution is -0.152. The van der Waals surface area contributed by atoms with Crippen LogP contribution in [0.5, 0.6) is 0 Å². The highest BCUT2D eigenvalue weighted by Crippen LogP contribution is 2.45. The molecule has 1 unspecified atom stereocenters. The molecule has 0 bridgehead atoms. The lowest BCUT2D eigenvalue weighted by atomic mass is 10.0. The molecule has 8 nitrogen and oxygen atoms in total. The minimum absolute atomic E-state index is 0.0305. The molecule has 0 aromatic rings. The van der Waals surface area contributed by atoms with E-state index in [1.165, 1.54) is 148 Å². The molecule has 1 amide bonds. The number of ether oxygens (including phenoxy) is 1. The van der Waals surface area contributed by atoms with Crippen molar-refractivity contribution >= 4 is 20.4 Å². The van der Waals surface area contributed by atoms with E-state index in [1.54, 1.807) is 6.08 Å². The van der Waals surface area contributed by atoms with Crippen molar-refractivity contribution in [1.29, 1.82) is 0 Å². The van der Waals surface area contributed by atoms with Crippen LogP contribution in [0, 0.1) is 0 Å². The van der Waals surface area contributed by atoms with Crippen molar-refractivity contribution in [2.45, 2.75) is 292 Å². The van der Waals surface area contributed by atoms with Crippen LogP contribution in [-0.2, 0) is 23.4 Å². The fraction of sp³-hybridized carbons (Fsp3) is 0.923. The monoisotopic (exact) mass is 885 g/mol. The van der Waals surface area contributed by atoms with Crippen molar-refractivity contribution in [2.75, 3.05) is 19.8 Å². The van der Waals surface area contributed by atoms with Gasteiger partial charge in [-0.25, -0.2) is 4.67 Å². The predicted molar refractivity (Wildman–Crippen MR) is 265 cm³/mol. The van der Waals surface area contributed by atoms with Crippen LogP contribution < -0.4 is 5.32 Å². The fourth-order valence-electron chi connectivity index (χ4n) is 7.72. The Labute approximate surface area is 381 Å². The Morgan fingerprint density at radius 3 is 1.34 bits per heavy atom. The summed E-state index contributed by atoms with van der Waals surface area (Å²) in [7, 11) is -0.953. The van der Waals surface area contributed by atoms with Crippen LogP contribution in [0.4, 0.5) is 0 Å². The molecule has 0 saturated heterocycles. The quantitative estimate of drug-likeness (QED) is 0.0272. The number of unbranched alkanes of at least 4 members (excludes halogenated alkanes) is 26. The maximum atomic E-state index is 12.8. The number of hydrogen-bond donors (Lipinski definition) is 2. The van der Waals surface area contributed by atoms with Crippen LogP contribution in [-0.4, -0.2) is 65.7 Å². The number of rotatable bonds is 45. The fourth-order valence-corrected chi connectivity index (χ4v) is 9.39. The van der Waals surface area contributed by atoms with E-state index in [2.05, 4.69) is 72.0 Å². The second kappa shape index (κ2) is 48.4. The minimum atomic E-state index is -0.953. The van der Waals surface area contributed by atoms with Gasteiger partial charge in [0.2, 0.25) is 5.91 Å². The normalized spacial score (nSPS) is 13.0. The zero-order chi connectivity index (χ0) is 45.6. The zero-order valence-electron chi connectivity index (χ0n) is 41.9. The first-order valence-corrected chi connectivity index (χ1v) is 27.3. The number of nitrogens with zero attached hydrogens (tertiary/aromatic N) is 1. The van der Waals surface area contributed by atoms with E-state index >= 15 is 0 Å². The van der Waals surface area contributed by atoms with Gasteiger partial charge in [0.1, 0.15) is 6.10 Å². The first-order valence-electron chi connectivity index (χ1n) is 26.2. The van der Waals surface area contributed by atoms with Gasteiger partial charge in [-0.2, -0.15) is 0 Å². The molecule has 0 aliphatic rings. The topological polar surface area (TPSA) is 97.3 Å². The molecule has 61 heavy (non-hydrogen) atoms. The molecule has 0 saturated carbocycles. The standard InChI is InChI=1S/C40H79NO4.C12H26NO2P/c1-4-7-10-13-16-19-20-23-25-28-31-34-39(43)41-37(36-42)38(33-30-27-24-21-17-14-11-8-5-2)45-40(44)35-32-29-26-22-18-15-12-9-6-3;1-7-9-14-16(15-10-8-2)13(11(3)4)12(5)6/h37-38,42H,4-36H2,1-3H3,(H,41,43);7,11-12H,1,8-10H2,2-6H3/t37-,38+;/m0./s1. The molecule has 0 aliphatic heterocycles. The van der Waals surface area contributed by atoms with E-state index in [4.69, 9.17) is 13.8 Å². The molecule has 0 aliphatic carbocycles. The summed E-state index contributed by atoms with van der Waals surface area (Å²) in [4.78, 5) is 25.6. The third-order valence-electron chi connectivity index (χ3n) is 11.3. The summed E-state index contributed by atoms with van der Waals surface area (Å²) in [6, 6.07) is 0.326. The maximum Gasteiger partial charge on any atom is 0.306 e. The van der Waals surface area contributed by atoms with E-state index in [-0.39, 0.29) is 18.5 Å². The molecule has 3 atom stereocenters. The van der Waals surface area contributed by atoms with Crippen molar-refractivity contribution in [3.05, 3.63) is 12.7 Å². The molecule has 0 radical (unpaired) electrons. The highest BCUT2D eigenvalue weighted by molar-refractivity contribution is 7.44. The van der Waals surface area contributed by atoms with Gasteiger partial charge in [-0.15, -0.1) is 6.58 Å². The summed E-state index contributed by atoms with van der Waals surface area (Å²) in [5, 5.41) is 13.2. The lowest BCUT2D eigenvalue weighted by Crippen LogP contribution is -2.47. The summed E-state index contributed by atoms with van der Waals surface area (Å²) < 4.78 is 19.8. The smallest absolute Gasteiger partial charge is 0.306 e. The summed E-state index contributed by atoms with van der Waals surface area (Å²) in [6.45, 7) is 22.3. The van der Waals surface area contributed by atoms with E-state index in [0.717, 1.165) is 51.6 Å². The number of aliphatic hydroxyl groups excluding tert-OH is 1. The van der Waals surface area contributed by atoms with Gasteiger partial charge < -0.3 is 24.2 Å². The Kier molecular flexibility index (Phi) is 49.2. The summed E-state index contributed by atoms with van der Waals surface area (Å²) >= 11 is 0. The van der Waals surface area contributed by atoms with Gasteiger partial charge in [0, 0.05) is 24.9 Å². The van der Waals surface area contributed by atoms with Gasteiger partial charge in [-0.05, 0) is 59.8 Å². The number of carbonyl (C=O) groups is 2. The molecule has 2 N–H and O–H groups in total. The third-order valence-corrected chi connectivity index (χ3v) is 13.4. The zero-order valence-corrected chi connectivity index (χ0v) is 42.8. The Bertz CT molecular complexity index is 930. The van der Waals surface area contributed by atoms with Crippen LogP contribution in [0.2, 0.25) is 0 Å². The van der Waals surface area contributed by atoms with Gasteiger partial charge in [0.15, 0.2) is 0 Å². The van der Waals surface area contributed by atoms with E-state index < -0.39 is 20.7 Å².